The molecule has 0 aromatic heterocycles. The highest BCUT2D eigenvalue weighted by molar-refractivity contribution is 5.49. The topological polar surface area (TPSA) is 58.6 Å². The number of aliphatic hydroxyl groups is 1. The number of rotatable bonds is 16. The monoisotopic (exact) mass is 537 g/mol. The summed E-state index contributed by atoms with van der Waals surface area (Å²) in [6.07, 6.45) is 7.52. The summed E-state index contributed by atoms with van der Waals surface area (Å²) < 4.78 is 46.7. The van der Waals surface area contributed by atoms with Crippen LogP contribution in [0.4, 0.5) is 13.2 Å². The first-order chi connectivity index (χ1) is 18.3. The van der Waals surface area contributed by atoms with Crippen molar-refractivity contribution < 1.29 is 27.8 Å². The van der Waals surface area contributed by atoms with Gasteiger partial charge in [-0.15, -0.1) is 0 Å². The van der Waals surface area contributed by atoms with Crippen LogP contribution in [0.3, 0.4) is 0 Å². The standard InChI is InChI=1S/C28H36F3NO2.C2H6.CH4O/c1-4-12-26(21-27(28(29,30)31)20-25-13-7-6-8-14-25)22-34-23(3)19-24(5-2)15-11-17-32-16-9-10-18-33;2*1-2/h4-8,12-14,18-19,21,32H,1,9-11,15-17,20,22H2,2-3H3;1-2H3;2H,1H3/b23-19+,24-5+,26-12+,27-21+;;. The first kappa shape index (κ1) is 37.3. The molecule has 0 saturated heterocycles. The lowest BCUT2D eigenvalue weighted by Crippen LogP contribution is -2.16. The molecular formula is C31H46F3NO3. The van der Waals surface area contributed by atoms with Crippen molar-refractivity contribution in [2.24, 2.45) is 0 Å². The number of hydrogen-bond acceptors (Lipinski definition) is 4. The zero-order chi connectivity index (χ0) is 29.2. The summed E-state index contributed by atoms with van der Waals surface area (Å²) in [6.45, 7) is 13.0. The van der Waals surface area contributed by atoms with Gasteiger partial charge < -0.3 is 20.0 Å². The fourth-order valence-corrected chi connectivity index (χ4v) is 3.21. The molecule has 1 aromatic rings. The Morgan fingerprint density at radius 2 is 1.68 bits per heavy atom. The smallest absolute Gasteiger partial charge is 0.413 e. The van der Waals surface area contributed by atoms with Crippen LogP contribution in [-0.2, 0) is 16.0 Å². The molecular weight excluding hydrogens is 491 g/mol. The van der Waals surface area contributed by atoms with Crippen LogP contribution in [0.2, 0.25) is 0 Å². The van der Waals surface area contributed by atoms with Crippen LogP contribution >= 0.6 is 0 Å². The summed E-state index contributed by atoms with van der Waals surface area (Å²) >= 11 is 0. The number of halogens is 3. The second-order valence-electron chi connectivity index (χ2n) is 7.88. The van der Waals surface area contributed by atoms with Crippen molar-refractivity contribution in [3.8, 4) is 0 Å². The Kier molecular flexibility index (Phi) is 24.0. The van der Waals surface area contributed by atoms with Gasteiger partial charge in [0.1, 0.15) is 12.9 Å². The Bertz CT molecular complexity index is 870. The van der Waals surface area contributed by atoms with E-state index in [9.17, 15) is 18.0 Å². The van der Waals surface area contributed by atoms with Gasteiger partial charge >= 0.3 is 6.18 Å². The zero-order valence-corrected chi connectivity index (χ0v) is 23.6. The van der Waals surface area contributed by atoms with Crippen molar-refractivity contribution in [1.29, 1.82) is 0 Å². The van der Waals surface area contributed by atoms with Gasteiger partial charge in [-0.3, -0.25) is 0 Å². The second kappa shape index (κ2) is 24.4. The normalized spacial score (nSPS) is 12.6. The molecule has 38 heavy (non-hydrogen) atoms. The number of alkyl halides is 3. The summed E-state index contributed by atoms with van der Waals surface area (Å²) in [4.78, 5) is 10.3. The van der Waals surface area contributed by atoms with Gasteiger partial charge in [-0.1, -0.05) is 69.0 Å². The number of carbonyl (C=O) groups excluding carboxylic acids is 1. The molecule has 0 atom stereocenters. The predicted octanol–water partition coefficient (Wildman–Crippen LogP) is 7.68. The molecule has 0 spiro atoms. The number of unbranched alkanes of at least 4 members (excludes halogenated alkanes) is 1. The average Bonchev–Trinajstić information content (AvgIpc) is 2.92. The largest absolute Gasteiger partial charge is 0.494 e. The zero-order valence-electron chi connectivity index (χ0n) is 23.6. The minimum Gasteiger partial charge on any atom is -0.494 e. The Labute approximate surface area is 227 Å². The molecule has 2 N–H and O–H groups in total. The molecule has 0 unspecified atom stereocenters. The Morgan fingerprint density at radius 3 is 2.24 bits per heavy atom. The van der Waals surface area contributed by atoms with Gasteiger partial charge in [-0.2, -0.15) is 13.2 Å². The molecule has 0 saturated carbocycles. The van der Waals surface area contributed by atoms with E-state index >= 15 is 0 Å². The maximum atomic E-state index is 13.7. The number of aliphatic hydroxyl groups excluding tert-OH is 1. The van der Waals surface area contributed by atoms with Crippen LogP contribution < -0.4 is 5.32 Å². The molecule has 0 radical (unpaired) electrons. The molecule has 7 heteroatoms. The average molecular weight is 538 g/mol. The maximum absolute atomic E-state index is 13.7. The Balaban J connectivity index is 0. The van der Waals surface area contributed by atoms with E-state index in [0.29, 0.717) is 23.3 Å². The second-order valence-corrected chi connectivity index (χ2v) is 7.88. The van der Waals surface area contributed by atoms with Crippen molar-refractivity contribution >= 4 is 6.29 Å². The number of benzene rings is 1. The molecule has 214 valence electrons. The number of carbonyl (C=O) groups is 1. The predicted molar refractivity (Wildman–Crippen MR) is 153 cm³/mol. The minimum atomic E-state index is -4.44. The molecule has 0 aliphatic heterocycles. The lowest BCUT2D eigenvalue weighted by Gasteiger charge is -2.14. The molecule has 0 bridgehead atoms. The summed E-state index contributed by atoms with van der Waals surface area (Å²) in [5.41, 5.74) is 1.45. The summed E-state index contributed by atoms with van der Waals surface area (Å²) in [5, 5.41) is 10.3. The molecule has 0 aliphatic carbocycles. The van der Waals surface area contributed by atoms with Crippen molar-refractivity contribution in [2.45, 2.75) is 66.0 Å². The number of hydrogen-bond donors (Lipinski definition) is 2. The molecule has 0 fully saturated rings. The van der Waals surface area contributed by atoms with Gasteiger partial charge in [0.25, 0.3) is 0 Å². The minimum absolute atomic E-state index is 0.0119. The van der Waals surface area contributed by atoms with E-state index in [1.807, 2.05) is 32.9 Å². The van der Waals surface area contributed by atoms with Gasteiger partial charge in [0.05, 0.1) is 5.76 Å². The van der Waals surface area contributed by atoms with Crippen LogP contribution in [0.5, 0.6) is 0 Å². The summed E-state index contributed by atoms with van der Waals surface area (Å²) in [6, 6.07) is 8.59. The van der Waals surface area contributed by atoms with E-state index in [1.165, 1.54) is 12.2 Å². The number of allylic oxidation sites excluding steroid dienone is 7. The van der Waals surface area contributed by atoms with Gasteiger partial charge in [0.2, 0.25) is 0 Å². The van der Waals surface area contributed by atoms with Crippen molar-refractivity contribution in [3.63, 3.8) is 0 Å². The van der Waals surface area contributed by atoms with Crippen molar-refractivity contribution in [3.05, 3.63) is 95.3 Å². The molecule has 1 aromatic carbocycles. The van der Waals surface area contributed by atoms with Crippen molar-refractivity contribution in [2.75, 3.05) is 26.8 Å². The third kappa shape index (κ3) is 19.2. The van der Waals surface area contributed by atoms with E-state index in [-0.39, 0.29) is 13.0 Å². The van der Waals surface area contributed by atoms with E-state index in [2.05, 4.69) is 11.9 Å². The van der Waals surface area contributed by atoms with E-state index in [4.69, 9.17) is 9.84 Å². The highest BCUT2D eigenvalue weighted by atomic mass is 19.4. The molecule has 0 amide bonds. The van der Waals surface area contributed by atoms with Gasteiger partial charge in [-0.25, -0.2) is 0 Å². The van der Waals surface area contributed by atoms with Gasteiger partial charge in [0.15, 0.2) is 0 Å². The van der Waals surface area contributed by atoms with Crippen LogP contribution in [0.25, 0.3) is 0 Å². The third-order valence-corrected chi connectivity index (χ3v) is 5.01. The van der Waals surface area contributed by atoms with E-state index < -0.39 is 11.7 Å². The SMILES string of the molecule is C=C/C=C(\C=C(/Cc1ccccc1)C(F)(F)F)CO/C(C)=C/C(=C/C)CCCNCCCC=O.CC.CO. The third-order valence-electron chi connectivity index (χ3n) is 5.01. The van der Waals surface area contributed by atoms with Gasteiger partial charge in [0, 0.05) is 25.5 Å². The summed E-state index contributed by atoms with van der Waals surface area (Å²) in [7, 11) is 1.00. The lowest BCUT2D eigenvalue weighted by molar-refractivity contribution is -0.107. The van der Waals surface area contributed by atoms with Crippen molar-refractivity contribution in [1.82, 2.24) is 5.32 Å². The van der Waals surface area contributed by atoms with Crippen LogP contribution in [0, 0.1) is 0 Å². The summed E-state index contributed by atoms with van der Waals surface area (Å²) in [5.74, 6) is 0.632. The van der Waals surface area contributed by atoms with Crippen LogP contribution in [0.15, 0.2) is 89.8 Å². The number of ether oxygens (including phenoxy) is 1. The maximum Gasteiger partial charge on any atom is 0.413 e. The number of aldehydes is 1. The first-order valence-electron chi connectivity index (χ1n) is 13.0. The van der Waals surface area contributed by atoms with Gasteiger partial charge in [-0.05, 0) is 75.1 Å². The number of nitrogens with one attached hydrogen (secondary N) is 1. The molecule has 4 nitrogen and oxygen atoms in total. The Hall–Kier alpha value is -2.90. The highest BCUT2D eigenvalue weighted by Gasteiger charge is 2.33. The van der Waals surface area contributed by atoms with Crippen LogP contribution in [-0.4, -0.2) is 44.4 Å². The fraction of sp³-hybridized carbons (Fsp3) is 0.452. The highest BCUT2D eigenvalue weighted by Crippen LogP contribution is 2.30. The molecule has 0 heterocycles. The first-order valence-corrected chi connectivity index (χ1v) is 13.0. The lowest BCUT2D eigenvalue weighted by atomic mass is 10.0. The Morgan fingerprint density at radius 1 is 1.05 bits per heavy atom. The van der Waals surface area contributed by atoms with E-state index in [0.717, 1.165) is 57.4 Å². The fourth-order valence-electron chi connectivity index (χ4n) is 3.21. The quantitative estimate of drug-likeness (QED) is 0.0983. The van der Waals surface area contributed by atoms with E-state index in [1.54, 1.807) is 37.3 Å². The molecule has 1 rings (SSSR count). The molecule has 0 aliphatic rings. The van der Waals surface area contributed by atoms with Crippen LogP contribution in [0.1, 0.15) is 58.9 Å².